The van der Waals surface area contributed by atoms with Crippen molar-refractivity contribution >= 4 is 22.7 Å². The molecule has 2 heterocycles. The number of rotatable bonds is 4. The van der Waals surface area contributed by atoms with Crippen LogP contribution >= 0.6 is 0 Å². The molecule has 1 atom stereocenters. The number of benzene rings is 2. The monoisotopic (exact) mass is 380 g/mol. The van der Waals surface area contributed by atoms with Gasteiger partial charge < -0.3 is 18.6 Å². The zero-order valence-electron chi connectivity index (χ0n) is 15.2. The van der Waals surface area contributed by atoms with Crippen molar-refractivity contribution in [3.05, 3.63) is 70.1 Å². The van der Waals surface area contributed by atoms with Gasteiger partial charge in [0.2, 0.25) is 11.4 Å². The standard InChI is InChI=1S/C21H16O7/c1-25-14-8-7-12-9-15(19(23)27-17(12)10-14)18(22)21(26-2)11-13-5-3-4-6-16(13)28-20(21)24/h3-10H,11H2,1-2H3. The molecule has 3 aromatic rings. The van der Waals surface area contributed by atoms with Gasteiger partial charge in [0.25, 0.3) is 0 Å². The Hall–Kier alpha value is -3.45. The van der Waals surface area contributed by atoms with Crippen molar-refractivity contribution in [2.24, 2.45) is 0 Å². The lowest BCUT2D eigenvalue weighted by atomic mass is 9.84. The van der Waals surface area contributed by atoms with E-state index in [2.05, 4.69) is 0 Å². The summed E-state index contributed by atoms with van der Waals surface area (Å²) in [6.45, 7) is 0. The van der Waals surface area contributed by atoms with Crippen LogP contribution < -0.4 is 15.1 Å². The first-order valence-corrected chi connectivity index (χ1v) is 8.50. The second-order valence-electron chi connectivity index (χ2n) is 6.39. The Labute approximate surface area is 159 Å². The molecule has 0 amide bonds. The third kappa shape index (κ3) is 2.68. The summed E-state index contributed by atoms with van der Waals surface area (Å²) in [6.07, 6.45) is -0.0442. The molecule has 0 saturated heterocycles. The van der Waals surface area contributed by atoms with Crippen LogP contribution in [0.1, 0.15) is 15.9 Å². The normalized spacial score (nSPS) is 18.4. The molecule has 7 heteroatoms. The van der Waals surface area contributed by atoms with E-state index in [1.54, 1.807) is 42.5 Å². The topological polar surface area (TPSA) is 92.0 Å². The highest BCUT2D eigenvalue weighted by molar-refractivity contribution is 6.17. The summed E-state index contributed by atoms with van der Waals surface area (Å²) >= 11 is 0. The Balaban J connectivity index is 1.82. The third-order valence-corrected chi connectivity index (χ3v) is 4.85. The van der Waals surface area contributed by atoms with Gasteiger partial charge in [0.15, 0.2) is 0 Å². The number of esters is 1. The number of hydrogen-bond acceptors (Lipinski definition) is 7. The van der Waals surface area contributed by atoms with E-state index < -0.39 is 23.0 Å². The Morgan fingerprint density at radius 2 is 1.86 bits per heavy atom. The highest BCUT2D eigenvalue weighted by atomic mass is 16.6. The summed E-state index contributed by atoms with van der Waals surface area (Å²) in [7, 11) is 2.73. The molecule has 0 spiro atoms. The Kier molecular flexibility index (Phi) is 4.24. The summed E-state index contributed by atoms with van der Waals surface area (Å²) in [6, 6.07) is 13.1. The van der Waals surface area contributed by atoms with E-state index in [4.69, 9.17) is 18.6 Å². The van der Waals surface area contributed by atoms with E-state index in [1.807, 2.05) is 0 Å². The highest BCUT2D eigenvalue weighted by Crippen LogP contribution is 2.34. The number of carbonyl (C=O) groups excluding carboxylic acids is 2. The van der Waals surface area contributed by atoms with Crippen LogP contribution in [0.3, 0.4) is 0 Å². The quantitative estimate of drug-likeness (QED) is 0.226. The minimum atomic E-state index is -1.96. The van der Waals surface area contributed by atoms with Gasteiger partial charge in [-0.2, -0.15) is 0 Å². The molecule has 0 radical (unpaired) electrons. The van der Waals surface area contributed by atoms with Gasteiger partial charge in [-0.1, -0.05) is 18.2 Å². The van der Waals surface area contributed by atoms with Gasteiger partial charge in [0.1, 0.15) is 22.6 Å². The van der Waals surface area contributed by atoms with Crippen molar-refractivity contribution in [2.45, 2.75) is 12.0 Å². The van der Waals surface area contributed by atoms with Gasteiger partial charge in [-0.3, -0.25) is 4.79 Å². The first kappa shape index (κ1) is 17.9. The van der Waals surface area contributed by atoms with E-state index in [9.17, 15) is 14.4 Å². The molecule has 142 valence electrons. The smallest absolute Gasteiger partial charge is 0.352 e. The predicted molar refractivity (Wildman–Crippen MR) is 98.9 cm³/mol. The van der Waals surface area contributed by atoms with Crippen LogP contribution in [-0.4, -0.2) is 31.6 Å². The number of ketones is 1. The number of fused-ring (bicyclic) bond motifs is 2. The average Bonchev–Trinajstić information content (AvgIpc) is 2.71. The molecule has 1 aliphatic rings. The molecule has 1 unspecified atom stereocenters. The van der Waals surface area contributed by atoms with E-state index in [0.29, 0.717) is 22.4 Å². The fraction of sp³-hybridized carbons (Fsp3) is 0.190. The van der Waals surface area contributed by atoms with Crippen LogP contribution in [-0.2, 0) is 16.0 Å². The predicted octanol–water partition coefficient (Wildman–Crippen LogP) is 2.53. The maximum absolute atomic E-state index is 13.3. The Morgan fingerprint density at radius 3 is 2.61 bits per heavy atom. The van der Waals surface area contributed by atoms with Gasteiger partial charge in [0, 0.05) is 25.0 Å². The second kappa shape index (κ2) is 6.61. The van der Waals surface area contributed by atoms with Crippen molar-refractivity contribution in [3.8, 4) is 11.5 Å². The fourth-order valence-electron chi connectivity index (χ4n) is 3.29. The zero-order chi connectivity index (χ0) is 19.9. The summed E-state index contributed by atoms with van der Waals surface area (Å²) in [5.41, 5.74) is -2.20. The van der Waals surface area contributed by atoms with Gasteiger partial charge in [-0.25, -0.2) is 9.59 Å². The van der Waals surface area contributed by atoms with Gasteiger partial charge in [-0.05, 0) is 29.8 Å². The number of hydrogen-bond donors (Lipinski definition) is 0. The van der Waals surface area contributed by atoms with Crippen molar-refractivity contribution in [2.75, 3.05) is 14.2 Å². The Bertz CT molecular complexity index is 1160. The molecule has 0 fully saturated rings. The summed E-state index contributed by atoms with van der Waals surface area (Å²) in [5.74, 6) is -0.796. The molecule has 0 N–H and O–H groups in total. The minimum absolute atomic E-state index is 0.0442. The van der Waals surface area contributed by atoms with Crippen LogP contribution in [0, 0.1) is 0 Å². The molecular weight excluding hydrogens is 364 g/mol. The fourth-order valence-corrected chi connectivity index (χ4v) is 3.29. The van der Waals surface area contributed by atoms with Crippen molar-refractivity contribution < 1.29 is 28.2 Å². The minimum Gasteiger partial charge on any atom is -0.497 e. The maximum Gasteiger partial charge on any atom is 0.352 e. The van der Waals surface area contributed by atoms with Crippen molar-refractivity contribution in [1.29, 1.82) is 0 Å². The molecule has 0 bridgehead atoms. The average molecular weight is 380 g/mol. The number of carbonyl (C=O) groups is 2. The lowest BCUT2D eigenvalue weighted by Crippen LogP contribution is -2.55. The molecule has 1 aromatic heterocycles. The zero-order valence-corrected chi connectivity index (χ0v) is 15.2. The van der Waals surface area contributed by atoms with Gasteiger partial charge in [-0.15, -0.1) is 0 Å². The number of Topliss-reactive ketones (excluding diaryl/α,β-unsaturated/α-hetero) is 1. The first-order chi connectivity index (χ1) is 13.5. The molecular formula is C21H16O7. The molecule has 0 aliphatic carbocycles. The van der Waals surface area contributed by atoms with Crippen LogP contribution in [0.5, 0.6) is 11.5 Å². The summed E-state index contributed by atoms with van der Waals surface area (Å²) in [4.78, 5) is 38.4. The lowest BCUT2D eigenvalue weighted by Gasteiger charge is -2.32. The van der Waals surface area contributed by atoms with Crippen LogP contribution in [0.4, 0.5) is 0 Å². The molecule has 1 aliphatic heterocycles. The number of methoxy groups -OCH3 is 2. The van der Waals surface area contributed by atoms with Gasteiger partial charge >= 0.3 is 11.6 Å². The van der Waals surface area contributed by atoms with E-state index >= 15 is 0 Å². The Morgan fingerprint density at radius 1 is 1.07 bits per heavy atom. The molecule has 7 nitrogen and oxygen atoms in total. The molecule has 2 aromatic carbocycles. The van der Waals surface area contributed by atoms with Crippen molar-refractivity contribution in [3.63, 3.8) is 0 Å². The SMILES string of the molecule is COc1ccc2cc(C(=O)C3(OC)Cc4ccccc4OC3=O)c(=O)oc2c1. The molecule has 28 heavy (non-hydrogen) atoms. The summed E-state index contributed by atoms with van der Waals surface area (Å²) in [5, 5.41) is 0.513. The van der Waals surface area contributed by atoms with E-state index in [1.165, 1.54) is 20.3 Å². The van der Waals surface area contributed by atoms with E-state index in [0.717, 1.165) is 0 Å². The van der Waals surface area contributed by atoms with Crippen LogP contribution in [0.2, 0.25) is 0 Å². The van der Waals surface area contributed by atoms with Crippen LogP contribution in [0.25, 0.3) is 11.0 Å². The third-order valence-electron chi connectivity index (χ3n) is 4.85. The van der Waals surface area contributed by atoms with Crippen molar-refractivity contribution in [1.82, 2.24) is 0 Å². The molecule has 4 rings (SSSR count). The second-order valence-corrected chi connectivity index (χ2v) is 6.39. The van der Waals surface area contributed by atoms with Gasteiger partial charge in [0.05, 0.1) is 7.11 Å². The number of para-hydroxylation sites is 1. The first-order valence-electron chi connectivity index (χ1n) is 8.50. The summed E-state index contributed by atoms with van der Waals surface area (Å²) < 4.78 is 21.0. The largest absolute Gasteiger partial charge is 0.497 e. The number of ether oxygens (including phenoxy) is 3. The molecule has 0 saturated carbocycles. The lowest BCUT2D eigenvalue weighted by molar-refractivity contribution is -0.155. The van der Waals surface area contributed by atoms with E-state index in [-0.39, 0.29) is 17.6 Å². The maximum atomic E-state index is 13.3. The highest BCUT2D eigenvalue weighted by Gasteiger charge is 2.52. The van der Waals surface area contributed by atoms with Crippen LogP contribution in [0.15, 0.2) is 57.7 Å².